The van der Waals surface area contributed by atoms with Crippen molar-refractivity contribution >= 4 is 17.6 Å². The first-order valence-electron chi connectivity index (χ1n) is 9.75. The van der Waals surface area contributed by atoms with E-state index in [0.717, 1.165) is 18.4 Å². The van der Waals surface area contributed by atoms with Gasteiger partial charge in [0, 0.05) is 19.2 Å². The van der Waals surface area contributed by atoms with Crippen LogP contribution in [-0.4, -0.2) is 47.7 Å². The second-order valence-electron chi connectivity index (χ2n) is 7.10. The Balaban J connectivity index is 1.73. The number of carbonyl (C=O) groups excluding carboxylic acids is 2. The number of aryl methyl sites for hydroxylation is 1. The van der Waals surface area contributed by atoms with Crippen LogP contribution >= 0.6 is 0 Å². The van der Waals surface area contributed by atoms with Gasteiger partial charge < -0.3 is 19.5 Å². The van der Waals surface area contributed by atoms with Gasteiger partial charge in [-0.05, 0) is 31.7 Å². The molecule has 2 heterocycles. The number of nitrogens with zero attached hydrogens (tertiary/aromatic N) is 2. The number of carbonyl (C=O) groups is 2. The standard InChI is InChI=1S/C21H27N3O4/c1-3-18(16-8-5-4-6-9-16)21(26)24(13-17-10-7-11-27-17)14-20(25)22-19-12-15(2)28-23-19/h4-6,8-9,12,17-18H,3,7,10-11,13-14H2,1-2H3,(H,22,23,25). The number of hydrogen-bond donors (Lipinski definition) is 1. The van der Waals surface area contributed by atoms with Crippen LogP contribution in [0.15, 0.2) is 40.9 Å². The highest BCUT2D eigenvalue weighted by molar-refractivity contribution is 5.95. The van der Waals surface area contributed by atoms with E-state index in [9.17, 15) is 9.59 Å². The van der Waals surface area contributed by atoms with E-state index in [1.54, 1.807) is 17.9 Å². The molecule has 1 aromatic heterocycles. The van der Waals surface area contributed by atoms with Crippen LogP contribution in [0.2, 0.25) is 0 Å². The molecule has 7 nitrogen and oxygen atoms in total. The summed E-state index contributed by atoms with van der Waals surface area (Å²) in [4.78, 5) is 27.5. The van der Waals surface area contributed by atoms with Gasteiger partial charge >= 0.3 is 0 Å². The zero-order valence-electron chi connectivity index (χ0n) is 16.4. The lowest BCUT2D eigenvalue weighted by atomic mass is 9.94. The van der Waals surface area contributed by atoms with Crippen LogP contribution in [0.3, 0.4) is 0 Å². The zero-order valence-corrected chi connectivity index (χ0v) is 16.4. The van der Waals surface area contributed by atoms with Crippen LogP contribution in [0.5, 0.6) is 0 Å². The minimum absolute atomic E-state index is 0.0284. The van der Waals surface area contributed by atoms with Crippen molar-refractivity contribution in [3.8, 4) is 0 Å². The second-order valence-corrected chi connectivity index (χ2v) is 7.10. The monoisotopic (exact) mass is 385 g/mol. The van der Waals surface area contributed by atoms with E-state index >= 15 is 0 Å². The van der Waals surface area contributed by atoms with Crippen molar-refractivity contribution in [3.63, 3.8) is 0 Å². The predicted molar refractivity (Wildman–Crippen MR) is 105 cm³/mol. The van der Waals surface area contributed by atoms with Gasteiger partial charge in [0.25, 0.3) is 0 Å². The van der Waals surface area contributed by atoms with Crippen molar-refractivity contribution in [1.82, 2.24) is 10.1 Å². The van der Waals surface area contributed by atoms with Crippen molar-refractivity contribution in [2.45, 2.75) is 45.1 Å². The summed E-state index contributed by atoms with van der Waals surface area (Å²) < 4.78 is 10.7. The molecule has 7 heteroatoms. The molecule has 2 amide bonds. The van der Waals surface area contributed by atoms with E-state index in [4.69, 9.17) is 9.26 Å². The number of hydrogen-bond acceptors (Lipinski definition) is 5. The molecule has 150 valence electrons. The minimum Gasteiger partial charge on any atom is -0.376 e. The van der Waals surface area contributed by atoms with Gasteiger partial charge in [0.15, 0.2) is 5.82 Å². The SMILES string of the molecule is CCC(C(=O)N(CC(=O)Nc1cc(C)on1)CC1CCCO1)c1ccccc1. The van der Waals surface area contributed by atoms with Crippen LogP contribution in [0.1, 0.15) is 43.4 Å². The molecule has 1 aliphatic rings. The molecule has 0 spiro atoms. The molecule has 1 saturated heterocycles. The molecule has 1 aromatic carbocycles. The summed E-state index contributed by atoms with van der Waals surface area (Å²) in [5.41, 5.74) is 0.958. The van der Waals surface area contributed by atoms with Gasteiger partial charge in [-0.15, -0.1) is 0 Å². The highest BCUT2D eigenvalue weighted by Crippen LogP contribution is 2.23. The number of nitrogens with one attached hydrogen (secondary N) is 1. The third kappa shape index (κ3) is 5.19. The number of rotatable bonds is 8. The predicted octanol–water partition coefficient (Wildman–Crippen LogP) is 3.12. The molecule has 2 unspecified atom stereocenters. The third-order valence-corrected chi connectivity index (χ3v) is 4.90. The van der Waals surface area contributed by atoms with E-state index in [-0.39, 0.29) is 30.4 Å². The van der Waals surface area contributed by atoms with Crippen LogP contribution < -0.4 is 5.32 Å². The number of ether oxygens (including phenoxy) is 1. The summed E-state index contributed by atoms with van der Waals surface area (Å²) >= 11 is 0. The maximum absolute atomic E-state index is 13.3. The molecule has 1 fully saturated rings. The third-order valence-electron chi connectivity index (χ3n) is 4.90. The highest BCUT2D eigenvalue weighted by atomic mass is 16.5. The van der Waals surface area contributed by atoms with Crippen LogP contribution in [0.25, 0.3) is 0 Å². The van der Waals surface area contributed by atoms with Gasteiger partial charge in [-0.3, -0.25) is 9.59 Å². The topological polar surface area (TPSA) is 84.7 Å². The summed E-state index contributed by atoms with van der Waals surface area (Å²) in [6, 6.07) is 11.3. The fraction of sp³-hybridized carbons (Fsp3) is 0.476. The molecule has 1 aliphatic heterocycles. The molecule has 28 heavy (non-hydrogen) atoms. The Kier molecular flexibility index (Phi) is 6.81. The number of anilines is 1. The fourth-order valence-corrected chi connectivity index (χ4v) is 3.51. The average Bonchev–Trinajstić information content (AvgIpc) is 3.34. The summed E-state index contributed by atoms with van der Waals surface area (Å²) in [7, 11) is 0. The Morgan fingerprint density at radius 2 is 2.11 bits per heavy atom. The molecular weight excluding hydrogens is 358 g/mol. The lowest BCUT2D eigenvalue weighted by molar-refractivity contribution is -0.137. The average molecular weight is 385 g/mol. The highest BCUT2D eigenvalue weighted by Gasteiger charge is 2.29. The number of benzene rings is 1. The first kappa shape index (κ1) is 20.1. The van der Waals surface area contributed by atoms with Crippen LogP contribution in [0.4, 0.5) is 5.82 Å². The van der Waals surface area contributed by atoms with E-state index in [2.05, 4.69) is 10.5 Å². The molecule has 0 saturated carbocycles. The molecule has 0 radical (unpaired) electrons. The van der Waals surface area contributed by atoms with E-state index < -0.39 is 0 Å². The summed E-state index contributed by atoms with van der Waals surface area (Å²) in [5.74, 6) is 0.308. The van der Waals surface area contributed by atoms with Crippen molar-refractivity contribution in [2.75, 3.05) is 25.0 Å². The Labute approximate surface area is 165 Å². The van der Waals surface area contributed by atoms with Crippen LogP contribution in [-0.2, 0) is 14.3 Å². The zero-order chi connectivity index (χ0) is 19.9. The fourth-order valence-electron chi connectivity index (χ4n) is 3.51. The lowest BCUT2D eigenvalue weighted by Crippen LogP contribution is -2.44. The van der Waals surface area contributed by atoms with Gasteiger partial charge in [-0.25, -0.2) is 0 Å². The van der Waals surface area contributed by atoms with Gasteiger partial charge in [0.1, 0.15) is 12.3 Å². The molecule has 3 rings (SSSR count). The van der Waals surface area contributed by atoms with Gasteiger partial charge in [0.2, 0.25) is 11.8 Å². The van der Waals surface area contributed by atoms with E-state index in [1.807, 2.05) is 37.3 Å². The first-order chi connectivity index (χ1) is 13.6. The Morgan fingerprint density at radius 1 is 1.32 bits per heavy atom. The van der Waals surface area contributed by atoms with Gasteiger partial charge in [0.05, 0.1) is 12.0 Å². The van der Waals surface area contributed by atoms with Crippen molar-refractivity contribution in [3.05, 3.63) is 47.7 Å². The second kappa shape index (κ2) is 9.50. The van der Waals surface area contributed by atoms with Crippen molar-refractivity contribution in [1.29, 1.82) is 0 Å². The number of aromatic nitrogens is 1. The Morgan fingerprint density at radius 3 is 2.71 bits per heavy atom. The molecule has 0 aliphatic carbocycles. The summed E-state index contributed by atoms with van der Waals surface area (Å²) in [6.07, 6.45) is 2.51. The van der Waals surface area contributed by atoms with Crippen molar-refractivity contribution in [2.24, 2.45) is 0 Å². The van der Waals surface area contributed by atoms with Crippen LogP contribution in [0, 0.1) is 6.92 Å². The Hall–Kier alpha value is -2.67. The van der Waals surface area contributed by atoms with Gasteiger partial charge in [-0.1, -0.05) is 42.4 Å². The lowest BCUT2D eigenvalue weighted by Gasteiger charge is -2.28. The summed E-state index contributed by atoms with van der Waals surface area (Å²) in [6.45, 7) is 4.80. The Bertz CT molecular complexity index is 784. The summed E-state index contributed by atoms with van der Waals surface area (Å²) in [5, 5.41) is 6.47. The van der Waals surface area contributed by atoms with E-state index in [0.29, 0.717) is 31.2 Å². The largest absolute Gasteiger partial charge is 0.376 e. The molecular formula is C21H27N3O4. The normalized spacial score (nSPS) is 17.3. The maximum Gasteiger partial charge on any atom is 0.245 e. The molecule has 1 N–H and O–H groups in total. The molecule has 2 aromatic rings. The molecule has 0 bridgehead atoms. The maximum atomic E-state index is 13.3. The minimum atomic E-state index is -0.303. The van der Waals surface area contributed by atoms with Gasteiger partial charge in [-0.2, -0.15) is 0 Å². The number of amides is 2. The molecule has 2 atom stereocenters. The smallest absolute Gasteiger partial charge is 0.245 e. The quantitative estimate of drug-likeness (QED) is 0.755. The van der Waals surface area contributed by atoms with Crippen molar-refractivity contribution < 1.29 is 18.8 Å². The first-order valence-corrected chi connectivity index (χ1v) is 9.75. The van der Waals surface area contributed by atoms with E-state index in [1.165, 1.54) is 0 Å².